The molecule has 5 nitrogen and oxygen atoms in total. The first-order valence-electron chi connectivity index (χ1n) is 10.7. The summed E-state index contributed by atoms with van der Waals surface area (Å²) in [4.78, 5) is 16.9. The number of likely N-dealkylation sites (tertiary alicyclic amines) is 1. The van der Waals surface area contributed by atoms with Crippen molar-refractivity contribution in [2.24, 2.45) is 5.92 Å². The summed E-state index contributed by atoms with van der Waals surface area (Å²) in [5.74, 6) is 0.922. The summed E-state index contributed by atoms with van der Waals surface area (Å²) in [5, 5.41) is 0. The third-order valence-corrected chi connectivity index (χ3v) is 5.80. The lowest BCUT2D eigenvalue weighted by Gasteiger charge is -2.32. The highest BCUT2D eigenvalue weighted by Crippen LogP contribution is 2.39. The molecule has 0 unspecified atom stereocenters. The molecule has 0 spiro atoms. The van der Waals surface area contributed by atoms with Gasteiger partial charge in [0.2, 0.25) is 0 Å². The molecule has 1 atom stereocenters. The lowest BCUT2D eigenvalue weighted by atomic mass is 9.98. The number of benzene rings is 2. The molecule has 0 N–H and O–H groups in total. The van der Waals surface area contributed by atoms with E-state index in [1.807, 2.05) is 19.1 Å². The Bertz CT molecular complexity index is 791. The molecule has 0 saturated carbocycles. The molecule has 0 aromatic heterocycles. The van der Waals surface area contributed by atoms with Gasteiger partial charge in [-0.1, -0.05) is 30.3 Å². The SMILES string of the molecule is CCOC(=O)[C@@H]1CCCN(CCCN2c3ccccc3COc3ccccc32)C1. The molecule has 0 radical (unpaired) electrons. The minimum Gasteiger partial charge on any atom is -0.487 e. The summed E-state index contributed by atoms with van der Waals surface area (Å²) >= 11 is 0. The van der Waals surface area contributed by atoms with Gasteiger partial charge >= 0.3 is 5.97 Å². The smallest absolute Gasteiger partial charge is 0.310 e. The van der Waals surface area contributed by atoms with Gasteiger partial charge in [-0.15, -0.1) is 0 Å². The first-order chi connectivity index (χ1) is 14.3. The van der Waals surface area contributed by atoms with Gasteiger partial charge in [-0.05, 0) is 57.5 Å². The van der Waals surface area contributed by atoms with E-state index >= 15 is 0 Å². The fraction of sp³-hybridized carbons (Fsp3) is 0.458. The lowest BCUT2D eigenvalue weighted by molar-refractivity contribution is -0.149. The van der Waals surface area contributed by atoms with Crippen LogP contribution in [-0.4, -0.2) is 43.7 Å². The average Bonchev–Trinajstić information content (AvgIpc) is 2.92. The number of hydrogen-bond donors (Lipinski definition) is 0. The summed E-state index contributed by atoms with van der Waals surface area (Å²) in [6.45, 7) is 6.71. The van der Waals surface area contributed by atoms with E-state index in [1.165, 1.54) is 11.3 Å². The van der Waals surface area contributed by atoms with Crippen LogP contribution in [0.3, 0.4) is 0 Å². The number of nitrogens with zero attached hydrogens (tertiary/aromatic N) is 2. The number of fused-ring (bicyclic) bond motifs is 2. The number of piperidine rings is 1. The quantitative estimate of drug-likeness (QED) is 0.680. The topological polar surface area (TPSA) is 42.0 Å². The van der Waals surface area contributed by atoms with E-state index in [2.05, 4.69) is 46.2 Å². The van der Waals surface area contributed by atoms with E-state index in [-0.39, 0.29) is 11.9 Å². The molecule has 4 rings (SSSR count). The predicted molar refractivity (Wildman–Crippen MR) is 115 cm³/mol. The van der Waals surface area contributed by atoms with Gasteiger partial charge in [0.15, 0.2) is 0 Å². The number of rotatable bonds is 6. The van der Waals surface area contributed by atoms with Gasteiger partial charge in [-0.25, -0.2) is 0 Å². The molecule has 1 saturated heterocycles. The van der Waals surface area contributed by atoms with Crippen LogP contribution in [0.4, 0.5) is 11.4 Å². The second-order valence-electron chi connectivity index (χ2n) is 7.78. The Morgan fingerprint density at radius 2 is 1.90 bits per heavy atom. The zero-order chi connectivity index (χ0) is 20.1. The predicted octanol–water partition coefficient (Wildman–Crippen LogP) is 4.38. The van der Waals surface area contributed by atoms with Crippen LogP contribution in [0.25, 0.3) is 0 Å². The molecular weight excluding hydrogens is 364 g/mol. The minimum absolute atomic E-state index is 0.0248. The zero-order valence-electron chi connectivity index (χ0n) is 17.2. The molecule has 5 heteroatoms. The van der Waals surface area contributed by atoms with Gasteiger partial charge < -0.3 is 19.3 Å². The van der Waals surface area contributed by atoms with Crippen molar-refractivity contribution in [3.63, 3.8) is 0 Å². The molecule has 0 amide bonds. The molecule has 2 aromatic rings. The van der Waals surface area contributed by atoms with E-state index in [0.717, 1.165) is 56.9 Å². The molecule has 154 valence electrons. The van der Waals surface area contributed by atoms with Crippen LogP contribution in [-0.2, 0) is 16.1 Å². The third kappa shape index (κ3) is 4.56. The maximum Gasteiger partial charge on any atom is 0.310 e. The van der Waals surface area contributed by atoms with Gasteiger partial charge in [0.05, 0.1) is 18.2 Å². The highest BCUT2D eigenvalue weighted by Gasteiger charge is 2.27. The summed E-state index contributed by atoms with van der Waals surface area (Å²) in [7, 11) is 0. The first-order valence-corrected chi connectivity index (χ1v) is 10.7. The monoisotopic (exact) mass is 394 g/mol. The van der Waals surface area contributed by atoms with Crippen LogP contribution < -0.4 is 9.64 Å². The van der Waals surface area contributed by atoms with Crippen molar-refractivity contribution in [2.75, 3.05) is 37.7 Å². The van der Waals surface area contributed by atoms with Crippen LogP contribution in [0.1, 0.15) is 31.7 Å². The van der Waals surface area contributed by atoms with Crippen molar-refractivity contribution in [1.82, 2.24) is 4.90 Å². The Labute approximate surface area is 173 Å². The highest BCUT2D eigenvalue weighted by molar-refractivity contribution is 5.73. The Hall–Kier alpha value is -2.53. The third-order valence-electron chi connectivity index (χ3n) is 5.80. The summed E-state index contributed by atoms with van der Waals surface area (Å²) in [5.41, 5.74) is 3.56. The summed E-state index contributed by atoms with van der Waals surface area (Å²) < 4.78 is 11.3. The fourth-order valence-electron chi connectivity index (χ4n) is 4.39. The number of para-hydroxylation sites is 3. The molecule has 2 aliphatic heterocycles. The molecule has 2 heterocycles. The number of carbonyl (C=O) groups is 1. The van der Waals surface area contributed by atoms with E-state index in [9.17, 15) is 4.79 Å². The number of esters is 1. The fourth-order valence-corrected chi connectivity index (χ4v) is 4.39. The Morgan fingerprint density at radius 3 is 2.76 bits per heavy atom. The van der Waals surface area contributed by atoms with Gasteiger partial charge in [0, 0.05) is 24.3 Å². The molecule has 29 heavy (non-hydrogen) atoms. The Morgan fingerprint density at radius 1 is 1.10 bits per heavy atom. The van der Waals surface area contributed by atoms with Crippen molar-refractivity contribution in [3.8, 4) is 5.75 Å². The second-order valence-corrected chi connectivity index (χ2v) is 7.78. The zero-order valence-corrected chi connectivity index (χ0v) is 17.2. The van der Waals surface area contributed by atoms with Gasteiger partial charge in [0.1, 0.15) is 12.4 Å². The average molecular weight is 395 g/mol. The number of ether oxygens (including phenoxy) is 2. The first kappa shape index (κ1) is 19.8. The van der Waals surface area contributed by atoms with Crippen LogP contribution in [0.5, 0.6) is 5.75 Å². The minimum atomic E-state index is -0.0373. The van der Waals surface area contributed by atoms with Crippen LogP contribution in [0, 0.1) is 5.92 Å². The summed E-state index contributed by atoms with van der Waals surface area (Å²) in [6.07, 6.45) is 3.03. The van der Waals surface area contributed by atoms with Crippen molar-refractivity contribution in [2.45, 2.75) is 32.8 Å². The van der Waals surface area contributed by atoms with Crippen LogP contribution in [0.2, 0.25) is 0 Å². The maximum absolute atomic E-state index is 12.1. The largest absolute Gasteiger partial charge is 0.487 e. The van der Waals surface area contributed by atoms with Crippen LogP contribution >= 0.6 is 0 Å². The molecule has 2 aromatic carbocycles. The number of hydrogen-bond acceptors (Lipinski definition) is 5. The van der Waals surface area contributed by atoms with Crippen molar-refractivity contribution in [1.29, 1.82) is 0 Å². The van der Waals surface area contributed by atoms with Gasteiger partial charge in [-0.3, -0.25) is 4.79 Å². The van der Waals surface area contributed by atoms with Gasteiger partial charge in [-0.2, -0.15) is 0 Å². The Kier molecular flexibility index (Phi) is 6.35. The summed E-state index contributed by atoms with van der Waals surface area (Å²) in [6, 6.07) is 16.8. The van der Waals surface area contributed by atoms with Crippen molar-refractivity contribution < 1.29 is 14.3 Å². The highest BCUT2D eigenvalue weighted by atomic mass is 16.5. The number of anilines is 2. The maximum atomic E-state index is 12.1. The van der Waals surface area contributed by atoms with Crippen molar-refractivity contribution in [3.05, 3.63) is 54.1 Å². The standard InChI is InChI=1S/C24H30N2O3/c1-2-28-24(27)19-10-7-14-25(17-19)15-8-16-26-21-11-4-3-9-20(21)18-29-23-13-6-5-12-22(23)26/h3-6,9,11-13,19H,2,7-8,10,14-18H2,1H3/t19-/m1/s1. The number of carbonyl (C=O) groups excluding carboxylic acids is 1. The van der Waals surface area contributed by atoms with E-state index in [0.29, 0.717) is 13.2 Å². The van der Waals surface area contributed by atoms with E-state index in [1.54, 1.807) is 0 Å². The van der Waals surface area contributed by atoms with Gasteiger partial charge in [0.25, 0.3) is 0 Å². The molecule has 0 aliphatic carbocycles. The van der Waals surface area contributed by atoms with E-state index < -0.39 is 0 Å². The van der Waals surface area contributed by atoms with E-state index in [4.69, 9.17) is 9.47 Å². The van der Waals surface area contributed by atoms with Crippen LogP contribution in [0.15, 0.2) is 48.5 Å². The lowest BCUT2D eigenvalue weighted by Crippen LogP contribution is -2.40. The Balaban J connectivity index is 1.43. The molecule has 1 fully saturated rings. The molecule has 2 aliphatic rings. The van der Waals surface area contributed by atoms with Crippen molar-refractivity contribution >= 4 is 17.3 Å². The molecule has 0 bridgehead atoms. The second kappa shape index (κ2) is 9.31. The normalized spacial score (nSPS) is 18.9. The molecular formula is C24H30N2O3.